The number of fused-ring (bicyclic) bond motifs is 3. The Balaban J connectivity index is 1.76. The number of aliphatic hydroxyl groups is 1. The lowest BCUT2D eigenvalue weighted by molar-refractivity contribution is -0.0191. The third kappa shape index (κ3) is 4.90. The van der Waals surface area contributed by atoms with Crippen molar-refractivity contribution >= 4 is 12.1 Å². The Bertz CT molecular complexity index is 628. The van der Waals surface area contributed by atoms with Crippen LogP contribution in [0.5, 0.6) is 11.5 Å². The molecule has 0 aliphatic carbocycles. The largest absolute Gasteiger partial charge is 0.493 e. The van der Waals surface area contributed by atoms with Crippen molar-refractivity contribution in [3.63, 3.8) is 0 Å². The number of rotatable bonds is 8. The van der Waals surface area contributed by atoms with Crippen LogP contribution in [0.3, 0.4) is 0 Å². The molecule has 3 atom stereocenters. The number of hydrogen-bond donors (Lipinski definition) is 1. The SMILES string of the molecule is COc1cc2c(cc1OCCCSF)CCN1CC(CC(C)C)C(O)CC21. The lowest BCUT2D eigenvalue weighted by atomic mass is 9.79. The first-order chi connectivity index (χ1) is 13.0. The molecular formula is C21H32FNO3S. The number of piperidine rings is 1. The number of halogens is 1. The Morgan fingerprint density at radius 2 is 2.15 bits per heavy atom. The highest BCUT2D eigenvalue weighted by Gasteiger charge is 2.38. The fourth-order valence-electron chi connectivity index (χ4n) is 4.50. The van der Waals surface area contributed by atoms with Gasteiger partial charge in [-0.1, -0.05) is 13.8 Å². The summed E-state index contributed by atoms with van der Waals surface area (Å²) in [6, 6.07) is 4.42. The second-order valence-corrected chi connectivity index (χ2v) is 8.80. The van der Waals surface area contributed by atoms with E-state index in [0.29, 0.717) is 42.8 Å². The molecule has 2 aliphatic rings. The monoisotopic (exact) mass is 397 g/mol. The Hall–Kier alpha value is -0.980. The van der Waals surface area contributed by atoms with Crippen molar-refractivity contribution in [2.45, 2.75) is 51.7 Å². The molecule has 2 aliphatic heterocycles. The van der Waals surface area contributed by atoms with Crippen LogP contribution in [0.2, 0.25) is 0 Å². The van der Waals surface area contributed by atoms with E-state index in [2.05, 4.69) is 30.9 Å². The van der Waals surface area contributed by atoms with Crippen LogP contribution in [0.4, 0.5) is 3.89 Å². The lowest BCUT2D eigenvalue weighted by Crippen LogP contribution is -2.48. The summed E-state index contributed by atoms with van der Waals surface area (Å²) in [4.78, 5) is 2.53. The lowest BCUT2D eigenvalue weighted by Gasteiger charge is -2.46. The summed E-state index contributed by atoms with van der Waals surface area (Å²) in [6.07, 6.45) is 3.25. The van der Waals surface area contributed by atoms with E-state index in [1.807, 2.05) is 0 Å². The molecule has 3 rings (SSSR count). The zero-order valence-electron chi connectivity index (χ0n) is 16.6. The minimum atomic E-state index is -0.250. The maximum absolute atomic E-state index is 12.2. The maximum atomic E-state index is 12.2. The summed E-state index contributed by atoms with van der Waals surface area (Å²) >= 11 is 0.345. The Kier molecular flexibility index (Phi) is 7.29. The molecule has 6 heteroatoms. The summed E-state index contributed by atoms with van der Waals surface area (Å²) in [6.45, 7) is 6.91. The minimum Gasteiger partial charge on any atom is -0.493 e. The molecule has 1 aromatic rings. The highest BCUT2D eigenvalue weighted by molar-refractivity contribution is 7.94. The molecule has 1 saturated heterocycles. The molecule has 0 spiro atoms. The van der Waals surface area contributed by atoms with Gasteiger partial charge in [0, 0.05) is 37.0 Å². The van der Waals surface area contributed by atoms with E-state index in [1.54, 1.807) is 7.11 Å². The van der Waals surface area contributed by atoms with Gasteiger partial charge in [0.15, 0.2) is 11.5 Å². The van der Waals surface area contributed by atoms with Gasteiger partial charge < -0.3 is 14.6 Å². The Morgan fingerprint density at radius 3 is 2.85 bits per heavy atom. The number of nitrogens with zero attached hydrogens (tertiary/aromatic N) is 1. The topological polar surface area (TPSA) is 41.9 Å². The predicted octanol–water partition coefficient (Wildman–Crippen LogP) is 4.41. The van der Waals surface area contributed by atoms with E-state index < -0.39 is 0 Å². The van der Waals surface area contributed by atoms with Gasteiger partial charge in [-0.25, -0.2) is 0 Å². The summed E-state index contributed by atoms with van der Waals surface area (Å²) in [5.41, 5.74) is 2.54. The van der Waals surface area contributed by atoms with Crippen molar-refractivity contribution in [2.75, 3.05) is 32.6 Å². The highest BCUT2D eigenvalue weighted by Crippen LogP contribution is 2.43. The van der Waals surface area contributed by atoms with E-state index in [4.69, 9.17) is 9.47 Å². The van der Waals surface area contributed by atoms with Gasteiger partial charge in [-0.05, 0) is 60.8 Å². The molecule has 0 aromatic heterocycles. The number of methoxy groups -OCH3 is 1. The minimum absolute atomic E-state index is 0.248. The van der Waals surface area contributed by atoms with Crippen LogP contribution in [0.15, 0.2) is 12.1 Å². The van der Waals surface area contributed by atoms with Crippen molar-refractivity contribution in [1.29, 1.82) is 0 Å². The third-order valence-corrected chi connectivity index (χ3v) is 6.21. The van der Waals surface area contributed by atoms with Crippen LogP contribution in [0.1, 0.15) is 50.3 Å². The standard InChI is InChI=1S/C21H32FNO3S/c1-14(2)9-16-13-23-6-5-15-10-21(26-7-4-8-27-22)20(25-3)11-17(15)18(23)12-19(16)24/h10-11,14,16,18-19,24H,4-9,12-13H2,1-3H3. The van der Waals surface area contributed by atoms with Crippen molar-refractivity contribution in [3.05, 3.63) is 23.3 Å². The summed E-state index contributed by atoms with van der Waals surface area (Å²) in [5, 5.41) is 10.7. The molecule has 0 amide bonds. The van der Waals surface area contributed by atoms with Crippen LogP contribution in [0.25, 0.3) is 0 Å². The van der Waals surface area contributed by atoms with Crippen LogP contribution in [-0.4, -0.2) is 48.7 Å². The quantitative estimate of drug-likeness (QED) is 0.658. The Morgan fingerprint density at radius 1 is 1.33 bits per heavy atom. The van der Waals surface area contributed by atoms with Gasteiger partial charge in [0.2, 0.25) is 0 Å². The average molecular weight is 398 g/mol. The van der Waals surface area contributed by atoms with Crippen molar-refractivity contribution in [1.82, 2.24) is 4.90 Å². The van der Waals surface area contributed by atoms with Crippen molar-refractivity contribution < 1.29 is 18.5 Å². The molecule has 152 valence electrons. The van der Waals surface area contributed by atoms with Crippen LogP contribution in [0, 0.1) is 11.8 Å². The van der Waals surface area contributed by atoms with Gasteiger partial charge >= 0.3 is 0 Å². The second-order valence-electron chi connectivity index (χ2n) is 8.17. The fourth-order valence-corrected chi connectivity index (χ4v) is 4.73. The summed E-state index contributed by atoms with van der Waals surface area (Å²) in [7, 11) is 1.65. The first-order valence-corrected chi connectivity index (χ1v) is 10.9. The fraction of sp³-hybridized carbons (Fsp3) is 0.714. The molecule has 2 heterocycles. The molecule has 0 saturated carbocycles. The van der Waals surface area contributed by atoms with Gasteiger partial charge in [-0.2, -0.15) is 3.89 Å². The molecule has 0 radical (unpaired) electrons. The van der Waals surface area contributed by atoms with E-state index in [9.17, 15) is 8.99 Å². The second kappa shape index (κ2) is 9.48. The summed E-state index contributed by atoms with van der Waals surface area (Å²) in [5.74, 6) is 2.87. The molecule has 3 unspecified atom stereocenters. The van der Waals surface area contributed by atoms with Gasteiger partial charge in [0.1, 0.15) is 0 Å². The zero-order valence-corrected chi connectivity index (χ0v) is 17.4. The summed E-state index contributed by atoms with van der Waals surface area (Å²) < 4.78 is 23.6. The van der Waals surface area contributed by atoms with E-state index >= 15 is 0 Å². The zero-order chi connectivity index (χ0) is 19.4. The smallest absolute Gasteiger partial charge is 0.161 e. The molecule has 1 N–H and O–H groups in total. The van der Waals surface area contributed by atoms with Gasteiger partial charge in [-0.3, -0.25) is 4.90 Å². The first-order valence-electron chi connectivity index (χ1n) is 10.0. The van der Waals surface area contributed by atoms with Gasteiger partial charge in [-0.15, -0.1) is 0 Å². The highest BCUT2D eigenvalue weighted by atomic mass is 32.2. The third-order valence-electron chi connectivity index (χ3n) is 5.77. The van der Waals surface area contributed by atoms with Crippen LogP contribution < -0.4 is 9.47 Å². The predicted molar refractivity (Wildman–Crippen MR) is 108 cm³/mol. The van der Waals surface area contributed by atoms with E-state index in [1.165, 1.54) is 11.1 Å². The number of benzene rings is 1. The molecular weight excluding hydrogens is 365 g/mol. The normalized spacial score (nSPS) is 25.2. The van der Waals surface area contributed by atoms with Crippen molar-refractivity contribution in [3.8, 4) is 11.5 Å². The molecule has 0 bridgehead atoms. The van der Waals surface area contributed by atoms with E-state index in [-0.39, 0.29) is 12.1 Å². The molecule has 1 aromatic carbocycles. The molecule has 27 heavy (non-hydrogen) atoms. The number of ether oxygens (including phenoxy) is 2. The molecule has 4 nitrogen and oxygen atoms in total. The van der Waals surface area contributed by atoms with Gasteiger partial charge in [0.25, 0.3) is 0 Å². The van der Waals surface area contributed by atoms with E-state index in [0.717, 1.165) is 43.9 Å². The average Bonchev–Trinajstić information content (AvgIpc) is 2.65. The first kappa shape index (κ1) is 20.7. The number of hydrogen-bond acceptors (Lipinski definition) is 5. The maximum Gasteiger partial charge on any atom is 0.161 e. The molecule has 1 fully saturated rings. The number of aliphatic hydroxyl groups excluding tert-OH is 1. The Labute approximate surface area is 166 Å². The van der Waals surface area contributed by atoms with Crippen LogP contribution >= 0.6 is 12.1 Å². The van der Waals surface area contributed by atoms with Crippen molar-refractivity contribution in [2.24, 2.45) is 11.8 Å². The van der Waals surface area contributed by atoms with Gasteiger partial charge in [0.05, 0.1) is 19.8 Å². The van der Waals surface area contributed by atoms with Crippen LogP contribution in [-0.2, 0) is 6.42 Å².